The van der Waals surface area contributed by atoms with Crippen LogP contribution in [0, 0.1) is 11.3 Å². The van der Waals surface area contributed by atoms with Crippen molar-refractivity contribution in [1.29, 1.82) is 5.26 Å². The van der Waals surface area contributed by atoms with E-state index in [4.69, 9.17) is 35.4 Å². The number of hydrogen-bond donors (Lipinski definition) is 1. The first-order valence-corrected chi connectivity index (χ1v) is 9.41. The predicted molar refractivity (Wildman–Crippen MR) is 102 cm³/mol. The van der Waals surface area contributed by atoms with Gasteiger partial charge in [0.05, 0.1) is 25.5 Å². The lowest BCUT2D eigenvalue weighted by Gasteiger charge is -2.16. The van der Waals surface area contributed by atoms with Crippen LogP contribution in [0.4, 0.5) is 32.2 Å². The van der Waals surface area contributed by atoms with Crippen LogP contribution in [-0.2, 0) is 6.18 Å². The lowest BCUT2D eigenvalue weighted by atomic mass is 10.2. The summed E-state index contributed by atoms with van der Waals surface area (Å²) in [4.78, 5) is -0.526. The van der Waals surface area contributed by atoms with Crippen LogP contribution in [-0.4, -0.2) is 20.3 Å². The van der Waals surface area contributed by atoms with E-state index in [9.17, 15) is 31.6 Å². The topological polar surface area (TPSA) is 53.6 Å². The Morgan fingerprint density at radius 1 is 1.24 bits per heavy atom. The van der Waals surface area contributed by atoms with Crippen molar-refractivity contribution in [3.63, 3.8) is 0 Å². The number of nitriles is 1. The molecule has 0 aliphatic rings. The van der Waals surface area contributed by atoms with Gasteiger partial charge in [-0.05, 0) is 30.3 Å². The molecule has 0 bridgehead atoms. The number of alkyl halides is 6. The van der Waals surface area contributed by atoms with Gasteiger partial charge in [0.25, 0.3) is 0 Å². The van der Waals surface area contributed by atoms with Gasteiger partial charge in [-0.1, -0.05) is 42.3 Å². The van der Waals surface area contributed by atoms with Crippen LogP contribution in [0.25, 0.3) is 5.69 Å². The number of benzene rings is 1. The lowest BCUT2D eigenvalue weighted by molar-refractivity contribution is -0.137. The number of rotatable bonds is 4. The summed E-state index contributed by atoms with van der Waals surface area (Å²) in [6, 6.07) is 2.61. The molecule has 0 fully saturated rings. The molecule has 29 heavy (non-hydrogen) atoms. The Kier molecular flexibility index (Phi) is 6.99. The Morgan fingerprint density at radius 3 is 2.21 bits per heavy atom. The van der Waals surface area contributed by atoms with E-state index >= 15 is 0 Å². The smallest absolute Gasteiger partial charge is 0.334 e. The summed E-state index contributed by atoms with van der Waals surface area (Å²) >= 11 is 16.2. The van der Waals surface area contributed by atoms with Crippen molar-refractivity contribution in [2.75, 3.05) is 5.32 Å². The molecule has 1 aromatic carbocycles. The first-order chi connectivity index (χ1) is 13.3. The number of hydrogen-bond acceptors (Lipinski definition) is 4. The van der Waals surface area contributed by atoms with E-state index in [-0.39, 0.29) is 22.9 Å². The second-order valence-electron chi connectivity index (χ2n) is 5.29. The van der Waals surface area contributed by atoms with Crippen LogP contribution in [0.2, 0.25) is 10.0 Å². The highest BCUT2D eigenvalue weighted by molar-refractivity contribution is 8.00. The molecule has 4 nitrogen and oxygen atoms in total. The fourth-order valence-electron chi connectivity index (χ4n) is 2.11. The molecule has 2 rings (SSSR count). The van der Waals surface area contributed by atoms with Gasteiger partial charge in [-0.15, -0.1) is 0 Å². The third kappa shape index (κ3) is 5.48. The molecule has 2 aromatic rings. The molecule has 156 valence electrons. The van der Waals surface area contributed by atoms with Crippen LogP contribution in [0.1, 0.15) is 24.6 Å². The lowest BCUT2D eigenvalue weighted by Crippen LogP contribution is -2.14. The largest absolute Gasteiger partial charge is 0.446 e. The first kappa shape index (κ1) is 23.6. The van der Waals surface area contributed by atoms with Crippen molar-refractivity contribution >= 4 is 58.0 Å². The number of nitrogens with zero attached hydrogens (tertiary/aromatic N) is 3. The molecule has 0 radical (unpaired) electrons. The average molecular weight is 493 g/mol. The van der Waals surface area contributed by atoms with Gasteiger partial charge in [-0.2, -0.15) is 36.7 Å². The molecule has 0 spiro atoms. The molecule has 0 unspecified atom stereocenters. The number of nitrogens with one attached hydrogen (secondary N) is 1. The van der Waals surface area contributed by atoms with Gasteiger partial charge in [0.1, 0.15) is 17.6 Å². The minimum atomic E-state index is -4.78. The maximum atomic E-state index is 13.0. The van der Waals surface area contributed by atoms with Crippen molar-refractivity contribution in [3.05, 3.63) is 33.4 Å². The number of halogens is 8. The molecule has 0 amide bonds. The van der Waals surface area contributed by atoms with E-state index in [0.29, 0.717) is 12.1 Å². The summed E-state index contributed by atoms with van der Waals surface area (Å²) in [5, 5.41) is 14.4. The molecular weight excluding hydrogens is 485 g/mol. The Morgan fingerprint density at radius 2 is 1.79 bits per heavy atom. The van der Waals surface area contributed by atoms with Crippen molar-refractivity contribution < 1.29 is 26.3 Å². The average Bonchev–Trinajstić information content (AvgIpc) is 2.89. The summed E-state index contributed by atoms with van der Waals surface area (Å²) in [5.74, 6) is -0.390. The number of aromatic nitrogens is 2. The summed E-state index contributed by atoms with van der Waals surface area (Å²) in [6.07, 6.45) is -4.52. The zero-order chi connectivity index (χ0) is 22.1. The van der Waals surface area contributed by atoms with E-state index < -0.39 is 49.6 Å². The Hall–Kier alpha value is -1.68. The number of thiocarbonyl (C=S) groups is 1. The molecule has 0 saturated carbocycles. The van der Waals surface area contributed by atoms with Gasteiger partial charge in [-0.25, -0.2) is 4.68 Å². The van der Waals surface area contributed by atoms with Gasteiger partial charge < -0.3 is 5.32 Å². The van der Waals surface area contributed by atoms with Gasteiger partial charge in [0, 0.05) is 0 Å². The van der Waals surface area contributed by atoms with E-state index in [1.165, 1.54) is 6.07 Å². The zero-order valence-electron chi connectivity index (χ0n) is 14.0. The molecule has 14 heteroatoms. The maximum Gasteiger partial charge on any atom is 0.446 e. The highest BCUT2D eigenvalue weighted by Crippen LogP contribution is 2.45. The third-order valence-electron chi connectivity index (χ3n) is 3.30. The SMILES string of the molecule is CCC(=S)Nc1c(SC(F)(F)F)c(C#N)nn1-c1c(Cl)cc(C(F)(F)F)cc1Cl. The van der Waals surface area contributed by atoms with E-state index in [1.54, 1.807) is 6.92 Å². The molecule has 1 aromatic heterocycles. The standard InChI is InChI=1S/C15H8Cl2F6N4S2/c1-2-10(28)25-13-12(29-15(21,22)23)9(5-24)26-27(13)11-7(16)3-6(4-8(11)17)14(18,19)20/h3-4H,2H2,1H3,(H,25,28). The second kappa shape index (κ2) is 8.59. The van der Waals surface area contributed by atoms with Crippen molar-refractivity contribution in [2.45, 2.75) is 29.9 Å². The summed E-state index contributed by atoms with van der Waals surface area (Å²) < 4.78 is 78.5. The Bertz CT molecular complexity index is 971. The minimum absolute atomic E-state index is 0.0961. The third-order valence-corrected chi connectivity index (χ3v) is 5.09. The van der Waals surface area contributed by atoms with Crippen LogP contribution < -0.4 is 5.32 Å². The highest BCUT2D eigenvalue weighted by Gasteiger charge is 2.36. The van der Waals surface area contributed by atoms with E-state index in [1.807, 2.05) is 0 Å². The van der Waals surface area contributed by atoms with Gasteiger partial charge in [0.15, 0.2) is 5.69 Å². The van der Waals surface area contributed by atoms with E-state index in [2.05, 4.69) is 10.4 Å². The monoisotopic (exact) mass is 492 g/mol. The summed E-state index contributed by atoms with van der Waals surface area (Å²) in [7, 11) is 0. The van der Waals surface area contributed by atoms with Gasteiger partial charge >= 0.3 is 11.7 Å². The second-order valence-corrected chi connectivity index (χ2v) is 7.67. The van der Waals surface area contributed by atoms with Crippen LogP contribution in [0.3, 0.4) is 0 Å². The fourth-order valence-corrected chi connectivity index (χ4v) is 3.51. The van der Waals surface area contributed by atoms with Crippen LogP contribution in [0.5, 0.6) is 0 Å². The molecule has 0 saturated heterocycles. The minimum Gasteiger partial charge on any atom is -0.334 e. The fraction of sp³-hybridized carbons (Fsp3) is 0.267. The number of anilines is 1. The van der Waals surface area contributed by atoms with Gasteiger partial charge in [-0.3, -0.25) is 0 Å². The molecule has 0 atom stereocenters. The first-order valence-electron chi connectivity index (χ1n) is 7.43. The predicted octanol–water partition coefficient (Wildman–Crippen LogP) is 6.83. The molecule has 1 heterocycles. The zero-order valence-corrected chi connectivity index (χ0v) is 17.2. The molecular formula is C15H8Cl2F6N4S2. The van der Waals surface area contributed by atoms with E-state index in [0.717, 1.165) is 4.68 Å². The van der Waals surface area contributed by atoms with Crippen molar-refractivity contribution in [3.8, 4) is 11.8 Å². The Labute approximate surface area is 179 Å². The molecule has 0 aliphatic heterocycles. The molecule has 0 aliphatic carbocycles. The van der Waals surface area contributed by atoms with Crippen molar-refractivity contribution in [1.82, 2.24) is 9.78 Å². The highest BCUT2D eigenvalue weighted by atomic mass is 35.5. The normalized spacial score (nSPS) is 12.0. The van der Waals surface area contributed by atoms with Crippen LogP contribution >= 0.6 is 47.2 Å². The quantitative estimate of drug-likeness (QED) is 0.288. The Balaban J connectivity index is 2.79. The summed E-state index contributed by atoms with van der Waals surface area (Å²) in [6.45, 7) is 1.62. The van der Waals surface area contributed by atoms with Crippen molar-refractivity contribution in [2.24, 2.45) is 0 Å². The number of thioether (sulfide) groups is 1. The van der Waals surface area contributed by atoms with Crippen LogP contribution in [0.15, 0.2) is 17.0 Å². The molecule has 1 N–H and O–H groups in total. The summed E-state index contributed by atoms with van der Waals surface area (Å²) in [5.41, 5.74) is -6.92. The maximum absolute atomic E-state index is 13.0. The van der Waals surface area contributed by atoms with Gasteiger partial charge in [0.2, 0.25) is 0 Å².